The third-order valence-corrected chi connectivity index (χ3v) is 14.6. The molecule has 17 nitrogen and oxygen atoms in total. The highest BCUT2D eigenvalue weighted by Gasteiger charge is 2.61. The second-order valence-electron chi connectivity index (χ2n) is 18.2. The fourth-order valence-electron chi connectivity index (χ4n) is 9.17. The van der Waals surface area contributed by atoms with Gasteiger partial charge in [0.15, 0.2) is 33.6 Å². The Labute approximate surface area is 384 Å². The SMILES string of the molecule is CCCC(C)C(OP(=O)(NC(O)[C@H]1O[C@@H](n2cnc3c(=O)[nH]c(N)nc32)[C@](C)(O)[C@@H]1O)OC1CNCCN1C)(C(=S)OC(c1ccccc1)(c1ccccc1)c1ccccc1)C(C)(C)C. The number of anilines is 1. The van der Waals surface area contributed by atoms with Gasteiger partial charge in [-0.25, -0.2) is 9.55 Å². The first kappa shape index (κ1) is 48.5. The number of hydrogen-bond acceptors (Lipinski definition) is 15. The molecule has 19 heteroatoms. The third-order valence-electron chi connectivity index (χ3n) is 12.6. The Morgan fingerprint density at radius 2 is 1.63 bits per heavy atom. The molecule has 5 aromatic rings. The summed E-state index contributed by atoms with van der Waals surface area (Å²) in [6.45, 7) is 12.5. The Bertz CT molecular complexity index is 2430. The number of likely N-dealkylation sites (N-methyl/N-ethyl adjacent to an activating group) is 1. The zero-order valence-corrected chi connectivity index (χ0v) is 39.5. The molecule has 3 aromatic carbocycles. The molecule has 4 heterocycles. The maximum Gasteiger partial charge on any atom is 0.410 e. The summed E-state index contributed by atoms with van der Waals surface area (Å²) in [6.07, 6.45) is -5.37. The van der Waals surface area contributed by atoms with E-state index in [0.717, 1.165) is 16.7 Å². The van der Waals surface area contributed by atoms with Crippen LogP contribution < -0.4 is 21.7 Å². The van der Waals surface area contributed by atoms with Gasteiger partial charge in [-0.05, 0) is 38.5 Å². The zero-order valence-electron chi connectivity index (χ0n) is 37.8. The predicted molar refractivity (Wildman–Crippen MR) is 250 cm³/mol. The van der Waals surface area contributed by atoms with Crippen LogP contribution in [0.4, 0.5) is 5.95 Å². The number of rotatable bonds is 16. The van der Waals surface area contributed by atoms with E-state index in [2.05, 4.69) is 25.4 Å². The molecular formula is C46H61N8O9PS. The van der Waals surface area contributed by atoms with E-state index in [0.29, 0.717) is 25.9 Å². The Morgan fingerprint density at radius 1 is 1.06 bits per heavy atom. The van der Waals surface area contributed by atoms with Gasteiger partial charge in [-0.15, -0.1) is 0 Å². The number of nitrogen functional groups attached to an aromatic ring is 1. The number of aromatic nitrogens is 4. The van der Waals surface area contributed by atoms with Crippen molar-refractivity contribution in [3.63, 3.8) is 0 Å². The van der Waals surface area contributed by atoms with Crippen LogP contribution >= 0.6 is 20.0 Å². The minimum Gasteiger partial charge on any atom is -0.463 e. The zero-order chi connectivity index (χ0) is 47.0. The van der Waals surface area contributed by atoms with Crippen LogP contribution in [-0.4, -0.2) is 107 Å². The first-order valence-electron chi connectivity index (χ1n) is 21.8. The van der Waals surface area contributed by atoms with Gasteiger partial charge in [0.1, 0.15) is 30.3 Å². The summed E-state index contributed by atoms with van der Waals surface area (Å²) in [4.78, 5) is 25.2. The predicted octanol–water partition coefficient (Wildman–Crippen LogP) is 5.18. The number of piperazine rings is 1. The molecule has 0 aliphatic carbocycles. The summed E-state index contributed by atoms with van der Waals surface area (Å²) in [5.41, 5.74) is 1.23. The molecule has 350 valence electrons. The number of thiocarbonyl (C=S) groups is 1. The highest BCUT2D eigenvalue weighted by atomic mass is 32.1. The first-order chi connectivity index (χ1) is 30.8. The van der Waals surface area contributed by atoms with Crippen LogP contribution in [0.1, 0.15) is 77.3 Å². The molecule has 0 radical (unpaired) electrons. The van der Waals surface area contributed by atoms with Gasteiger partial charge in [-0.2, -0.15) is 10.1 Å². The summed E-state index contributed by atoms with van der Waals surface area (Å²) in [7, 11) is -3.06. The molecule has 2 saturated heterocycles. The third kappa shape index (κ3) is 9.19. The molecule has 2 aliphatic heterocycles. The second-order valence-corrected chi connectivity index (χ2v) is 20.2. The van der Waals surface area contributed by atoms with Crippen molar-refractivity contribution >= 4 is 42.1 Å². The number of benzene rings is 3. The molecule has 2 fully saturated rings. The first-order valence-corrected chi connectivity index (χ1v) is 23.8. The van der Waals surface area contributed by atoms with Crippen LogP contribution in [0, 0.1) is 11.3 Å². The number of hydrogen-bond donors (Lipinski definition) is 7. The van der Waals surface area contributed by atoms with Crippen molar-refractivity contribution in [2.24, 2.45) is 11.3 Å². The summed E-state index contributed by atoms with van der Waals surface area (Å²) in [5.74, 6) is -0.706. The average molecular weight is 933 g/mol. The molecular weight excluding hydrogens is 872 g/mol. The van der Waals surface area contributed by atoms with Crippen LogP contribution in [0.3, 0.4) is 0 Å². The van der Waals surface area contributed by atoms with E-state index in [-0.39, 0.29) is 28.7 Å². The minimum atomic E-state index is -4.88. The van der Waals surface area contributed by atoms with Crippen molar-refractivity contribution in [3.8, 4) is 0 Å². The smallest absolute Gasteiger partial charge is 0.410 e. The summed E-state index contributed by atoms with van der Waals surface area (Å²) < 4.78 is 44.7. The molecule has 0 saturated carbocycles. The molecule has 7 rings (SSSR count). The van der Waals surface area contributed by atoms with Crippen molar-refractivity contribution in [2.75, 3.05) is 32.4 Å². The van der Waals surface area contributed by atoms with Gasteiger partial charge in [0, 0.05) is 41.7 Å². The van der Waals surface area contributed by atoms with Crippen molar-refractivity contribution < 1.29 is 38.4 Å². The molecule has 0 amide bonds. The average Bonchev–Trinajstić information content (AvgIpc) is 3.79. The van der Waals surface area contributed by atoms with Gasteiger partial charge in [0.25, 0.3) is 5.56 Å². The highest BCUT2D eigenvalue weighted by Crippen LogP contribution is 2.59. The normalized spacial score (nSPS) is 24.8. The van der Waals surface area contributed by atoms with Crippen LogP contribution in [-0.2, 0) is 28.7 Å². The lowest BCUT2D eigenvalue weighted by Gasteiger charge is -2.51. The van der Waals surface area contributed by atoms with Crippen molar-refractivity contribution in [1.82, 2.24) is 34.8 Å². The number of fused-ring (bicyclic) bond motifs is 1. The lowest BCUT2D eigenvalue weighted by atomic mass is 9.68. The number of ether oxygens (including phenoxy) is 2. The number of nitrogens with one attached hydrogen (secondary N) is 3. The maximum atomic E-state index is 16.1. The largest absolute Gasteiger partial charge is 0.463 e. The second kappa shape index (κ2) is 19.1. The van der Waals surface area contributed by atoms with Crippen molar-refractivity contribution in [2.45, 2.75) is 102 Å². The van der Waals surface area contributed by atoms with Crippen molar-refractivity contribution in [3.05, 3.63) is 124 Å². The van der Waals surface area contributed by atoms with Gasteiger partial charge in [-0.3, -0.25) is 28.3 Å². The number of imidazole rings is 1. The van der Waals surface area contributed by atoms with Crippen LogP contribution in [0.25, 0.3) is 11.2 Å². The highest BCUT2D eigenvalue weighted by molar-refractivity contribution is 7.80. The fourth-order valence-corrected chi connectivity index (χ4v) is 12.0. The van der Waals surface area contributed by atoms with E-state index in [1.807, 2.05) is 138 Å². The fraction of sp³-hybridized carbons (Fsp3) is 0.478. The van der Waals surface area contributed by atoms with E-state index < -0.39 is 72.3 Å². The number of H-pyrrole nitrogens is 1. The number of nitrogens with two attached hydrogens (primary N) is 1. The Balaban J connectivity index is 1.34. The van der Waals surface area contributed by atoms with Gasteiger partial charge in [0.05, 0.1) is 6.33 Å². The van der Waals surface area contributed by atoms with E-state index in [1.165, 1.54) is 17.8 Å². The van der Waals surface area contributed by atoms with Gasteiger partial charge in [-0.1, -0.05) is 132 Å². The molecule has 8 N–H and O–H groups in total. The van der Waals surface area contributed by atoms with Gasteiger partial charge < -0.3 is 35.8 Å². The number of nitrogens with zero attached hydrogens (tertiary/aromatic N) is 4. The van der Waals surface area contributed by atoms with E-state index in [1.54, 1.807) is 0 Å². The summed E-state index contributed by atoms with van der Waals surface area (Å²) >= 11 is 6.57. The lowest BCUT2D eigenvalue weighted by Crippen LogP contribution is -2.60. The monoisotopic (exact) mass is 932 g/mol. The molecule has 5 unspecified atom stereocenters. The standard InChI is InChI=1S/C46H61N8O9PS/c1-8-18-29(2)46(43(3,4)5,41(65)61-45(30-19-12-9-13-20-30,31-21-14-10-15-22-31)32-23-16-11-17-24-32)63-64(59,62-33-27-48-25-26-53(33)7)52-39(57)35-36(55)44(6,58)40(60-35)54-28-49-34-37(54)50-42(47)51-38(34)56/h9-17,19-24,28-29,33,35-36,39-40,48,55,57-58H,8,18,25-27H2,1-7H3,(H,52,59)(H3,47,50,51,56)/t29?,33?,35-,36+,39?,40+,44+,46?,64?/m0/s1. The van der Waals surface area contributed by atoms with Crippen LogP contribution in [0.5, 0.6) is 0 Å². The quantitative estimate of drug-likeness (QED) is 0.0293. The number of aliphatic hydroxyl groups excluding tert-OH is 2. The topological polar surface area (TPSA) is 232 Å². The number of aromatic amines is 1. The summed E-state index contributed by atoms with van der Waals surface area (Å²) in [6, 6.07) is 29.2. The van der Waals surface area contributed by atoms with E-state index in [9.17, 15) is 20.1 Å². The lowest BCUT2D eigenvalue weighted by molar-refractivity contribution is -0.106. The van der Waals surface area contributed by atoms with Gasteiger partial charge in [0.2, 0.25) is 5.95 Å². The number of aliphatic hydroxyl groups is 3. The molecule has 65 heavy (non-hydrogen) atoms. The maximum absolute atomic E-state index is 16.1. The molecule has 2 aromatic heterocycles. The molecule has 0 bridgehead atoms. The molecule has 0 spiro atoms. The van der Waals surface area contributed by atoms with Crippen LogP contribution in [0.2, 0.25) is 0 Å². The van der Waals surface area contributed by atoms with Gasteiger partial charge >= 0.3 is 7.75 Å². The Kier molecular flexibility index (Phi) is 14.2. The molecule has 9 atom stereocenters. The summed E-state index contributed by atoms with van der Waals surface area (Å²) in [5, 5.41) is 41.6. The van der Waals surface area contributed by atoms with E-state index in [4.69, 9.17) is 36.5 Å². The van der Waals surface area contributed by atoms with Crippen LogP contribution in [0.15, 0.2) is 102 Å². The minimum absolute atomic E-state index is 0.0216. The Morgan fingerprint density at radius 3 is 2.15 bits per heavy atom. The van der Waals surface area contributed by atoms with Crippen molar-refractivity contribution in [1.29, 1.82) is 0 Å². The molecule has 2 aliphatic rings. The van der Waals surface area contributed by atoms with E-state index >= 15 is 4.57 Å². The Hall–Kier alpha value is -4.43.